The summed E-state index contributed by atoms with van der Waals surface area (Å²) in [6.45, 7) is 14.0. The van der Waals surface area contributed by atoms with Gasteiger partial charge in [-0.2, -0.15) is 0 Å². The Morgan fingerprint density at radius 2 is 1.64 bits per heavy atom. The van der Waals surface area contributed by atoms with Crippen molar-refractivity contribution in [2.45, 2.75) is 118 Å². The van der Waals surface area contributed by atoms with E-state index in [1.165, 1.54) is 75.5 Å². The van der Waals surface area contributed by atoms with Crippen molar-refractivity contribution in [1.29, 1.82) is 0 Å². The van der Waals surface area contributed by atoms with Gasteiger partial charge in [0, 0.05) is 12.6 Å². The predicted octanol–water partition coefficient (Wildman–Crippen LogP) is 8.67. The zero-order valence-electron chi connectivity index (χ0n) is 27.1. The second kappa shape index (κ2) is 11.9. The molecule has 4 unspecified atom stereocenters. The predicted molar refractivity (Wildman–Crippen MR) is 171 cm³/mol. The van der Waals surface area contributed by atoms with Crippen molar-refractivity contribution in [3.05, 3.63) is 47.0 Å². The number of allylic oxidation sites excluding steroid dienone is 1. The van der Waals surface area contributed by atoms with Gasteiger partial charge in [0.15, 0.2) is 0 Å². The van der Waals surface area contributed by atoms with Gasteiger partial charge in [0.1, 0.15) is 0 Å². The zero-order chi connectivity index (χ0) is 29.6. The van der Waals surface area contributed by atoms with Crippen LogP contribution in [0.1, 0.15) is 132 Å². The van der Waals surface area contributed by atoms with E-state index in [4.69, 9.17) is 0 Å². The van der Waals surface area contributed by atoms with Crippen LogP contribution in [-0.4, -0.2) is 35.8 Å². The normalized spacial score (nSPS) is 36.4. The first-order valence-corrected chi connectivity index (χ1v) is 17.5. The average Bonchev–Trinajstić information content (AvgIpc) is 3.44. The van der Waals surface area contributed by atoms with Crippen LogP contribution in [0.3, 0.4) is 0 Å². The lowest BCUT2D eigenvalue weighted by Gasteiger charge is -2.58. The van der Waals surface area contributed by atoms with Crippen molar-refractivity contribution < 1.29 is 9.59 Å². The van der Waals surface area contributed by atoms with Gasteiger partial charge >= 0.3 is 0 Å². The lowest BCUT2D eigenvalue weighted by atomic mass is 9.47. The third-order valence-electron chi connectivity index (χ3n) is 13.2. The largest absolute Gasteiger partial charge is 0.314 e. The van der Waals surface area contributed by atoms with Crippen LogP contribution in [0.25, 0.3) is 0 Å². The molecule has 1 N–H and O–H groups in total. The minimum absolute atomic E-state index is 0.135. The van der Waals surface area contributed by atoms with Crippen molar-refractivity contribution >= 4 is 11.8 Å². The van der Waals surface area contributed by atoms with Gasteiger partial charge in [0.05, 0.1) is 11.1 Å². The van der Waals surface area contributed by atoms with E-state index >= 15 is 0 Å². The highest BCUT2D eigenvalue weighted by Crippen LogP contribution is 2.67. The Labute approximate surface area is 255 Å². The smallest absolute Gasteiger partial charge is 0.261 e. The van der Waals surface area contributed by atoms with E-state index < -0.39 is 0 Å². The van der Waals surface area contributed by atoms with Gasteiger partial charge in [0.2, 0.25) is 0 Å². The number of fused-ring (bicyclic) bond motifs is 6. The van der Waals surface area contributed by atoms with Gasteiger partial charge in [-0.15, -0.1) is 0 Å². The number of hydrogen-bond donors (Lipinski definition) is 1. The van der Waals surface area contributed by atoms with Crippen LogP contribution in [0, 0.1) is 46.3 Å². The fourth-order valence-electron chi connectivity index (χ4n) is 10.8. The van der Waals surface area contributed by atoms with Gasteiger partial charge in [-0.1, -0.05) is 77.7 Å². The highest BCUT2D eigenvalue weighted by Gasteiger charge is 2.59. The van der Waals surface area contributed by atoms with Crippen molar-refractivity contribution in [1.82, 2.24) is 10.2 Å². The van der Waals surface area contributed by atoms with Crippen LogP contribution in [0.4, 0.5) is 0 Å². The number of rotatable bonds is 10. The summed E-state index contributed by atoms with van der Waals surface area (Å²) in [7, 11) is 0. The van der Waals surface area contributed by atoms with Crippen molar-refractivity contribution in [2.75, 3.05) is 13.1 Å². The quantitative estimate of drug-likeness (QED) is 0.173. The molecule has 4 aliphatic carbocycles. The second-order valence-electron chi connectivity index (χ2n) is 15.8. The summed E-state index contributed by atoms with van der Waals surface area (Å²) in [5.74, 6) is 5.02. The first-order chi connectivity index (χ1) is 20.1. The van der Waals surface area contributed by atoms with Gasteiger partial charge < -0.3 is 5.32 Å². The molecule has 0 aromatic heterocycles. The Bertz CT molecular complexity index is 1170. The monoisotopic (exact) mass is 572 g/mol. The number of benzene rings is 1. The van der Waals surface area contributed by atoms with Crippen LogP contribution in [0.2, 0.25) is 0 Å². The number of imide groups is 1. The van der Waals surface area contributed by atoms with E-state index in [0.29, 0.717) is 34.5 Å². The molecule has 2 amide bonds. The summed E-state index contributed by atoms with van der Waals surface area (Å²) < 4.78 is 0. The molecule has 5 aliphatic rings. The van der Waals surface area contributed by atoms with E-state index in [1.54, 1.807) is 17.7 Å². The molecule has 3 fully saturated rings. The molecule has 230 valence electrons. The highest BCUT2D eigenvalue weighted by molar-refractivity contribution is 6.21. The Morgan fingerprint density at radius 3 is 2.36 bits per heavy atom. The van der Waals surface area contributed by atoms with E-state index in [9.17, 15) is 9.59 Å². The number of hydrogen-bond acceptors (Lipinski definition) is 3. The number of nitrogens with one attached hydrogen (secondary N) is 1. The Morgan fingerprint density at radius 1 is 0.905 bits per heavy atom. The highest BCUT2D eigenvalue weighted by atomic mass is 16.2. The summed E-state index contributed by atoms with van der Waals surface area (Å²) in [6, 6.07) is 7.71. The SMILES string of the molecule is CC(C)CCC[C@@H](C)[C@H]1CCC2C3CC=C4CC(NCCCN5C(=O)c6ccccc6C5=O)CC[C@]4(C)C3CC[C@@]21C. The zero-order valence-corrected chi connectivity index (χ0v) is 27.1. The molecule has 1 aromatic carbocycles. The molecule has 1 aliphatic heterocycles. The average molecular weight is 573 g/mol. The molecule has 0 bridgehead atoms. The number of nitrogens with zero attached hydrogens (tertiary/aromatic N) is 1. The molecule has 1 aromatic rings. The van der Waals surface area contributed by atoms with Crippen LogP contribution >= 0.6 is 0 Å². The molecule has 1 heterocycles. The molecule has 6 rings (SSSR count). The standard InChI is InChI=1S/C38H56N2O2/c1-25(2)10-8-11-26(3)32-16-17-33-31-15-14-27-24-28(18-20-37(27,4)34(31)19-21-38(32,33)5)39-22-9-23-40-35(41)29-12-6-7-13-30(29)36(40)42/h6-7,12-14,25-26,28,31-34,39H,8-11,15-24H2,1-5H3/t26-,28?,31?,32-,33?,34?,37+,38-/m1/s1. The minimum atomic E-state index is -0.135. The van der Waals surface area contributed by atoms with E-state index in [-0.39, 0.29) is 11.8 Å². The molecule has 4 heteroatoms. The number of carbonyl (C=O) groups excluding carboxylic acids is 2. The third-order valence-corrected chi connectivity index (χ3v) is 13.2. The minimum Gasteiger partial charge on any atom is -0.314 e. The van der Waals surface area contributed by atoms with E-state index in [0.717, 1.165) is 48.5 Å². The topological polar surface area (TPSA) is 49.4 Å². The fourth-order valence-corrected chi connectivity index (χ4v) is 10.8. The molecule has 4 nitrogen and oxygen atoms in total. The van der Waals surface area contributed by atoms with Gasteiger partial charge in [0.25, 0.3) is 11.8 Å². The summed E-state index contributed by atoms with van der Waals surface area (Å²) >= 11 is 0. The molecular weight excluding hydrogens is 516 g/mol. The van der Waals surface area contributed by atoms with Gasteiger partial charge in [-0.05, 0) is 123 Å². The summed E-state index contributed by atoms with van der Waals surface area (Å²) in [5.41, 5.74) is 3.77. The maximum Gasteiger partial charge on any atom is 0.261 e. The van der Waals surface area contributed by atoms with Crippen LogP contribution < -0.4 is 5.32 Å². The molecule has 42 heavy (non-hydrogen) atoms. The van der Waals surface area contributed by atoms with Gasteiger partial charge in [-0.3, -0.25) is 14.5 Å². The Balaban J connectivity index is 1.02. The van der Waals surface area contributed by atoms with Crippen molar-refractivity contribution in [3.63, 3.8) is 0 Å². The van der Waals surface area contributed by atoms with Crippen molar-refractivity contribution in [3.8, 4) is 0 Å². The van der Waals surface area contributed by atoms with Crippen LogP contribution in [0.5, 0.6) is 0 Å². The molecule has 0 saturated heterocycles. The molecule has 8 atom stereocenters. The van der Waals surface area contributed by atoms with Gasteiger partial charge in [-0.25, -0.2) is 0 Å². The number of amides is 2. The lowest BCUT2D eigenvalue weighted by molar-refractivity contribution is -0.0515. The first-order valence-electron chi connectivity index (χ1n) is 17.5. The molecule has 0 radical (unpaired) electrons. The maximum atomic E-state index is 12.7. The first kappa shape index (κ1) is 30.1. The molecule has 0 spiro atoms. The summed E-state index contributed by atoms with van der Waals surface area (Å²) in [5, 5.41) is 3.81. The number of carbonyl (C=O) groups is 2. The Kier molecular flexibility index (Phi) is 8.50. The molecular formula is C38H56N2O2. The van der Waals surface area contributed by atoms with Crippen LogP contribution in [0.15, 0.2) is 35.9 Å². The second-order valence-corrected chi connectivity index (χ2v) is 15.8. The molecule has 3 saturated carbocycles. The van der Waals surface area contributed by atoms with Crippen molar-refractivity contribution in [2.24, 2.45) is 46.3 Å². The summed E-state index contributed by atoms with van der Waals surface area (Å²) in [6.07, 6.45) is 18.5. The third kappa shape index (κ3) is 5.22. The van der Waals surface area contributed by atoms with E-state index in [1.807, 2.05) is 12.1 Å². The van der Waals surface area contributed by atoms with Crippen LogP contribution in [-0.2, 0) is 0 Å². The lowest BCUT2D eigenvalue weighted by Crippen LogP contribution is -2.51. The Hall–Kier alpha value is -1.94. The van der Waals surface area contributed by atoms with E-state index in [2.05, 4.69) is 46.0 Å². The maximum absolute atomic E-state index is 12.7. The fraction of sp³-hybridized carbons (Fsp3) is 0.737. The summed E-state index contributed by atoms with van der Waals surface area (Å²) in [4.78, 5) is 26.8.